The van der Waals surface area contributed by atoms with Crippen molar-refractivity contribution in [3.8, 4) is 5.75 Å². The van der Waals surface area contributed by atoms with Crippen LogP contribution in [-0.4, -0.2) is 6.36 Å². The van der Waals surface area contributed by atoms with Crippen LogP contribution in [0.3, 0.4) is 0 Å². The molecule has 0 aliphatic rings. The summed E-state index contributed by atoms with van der Waals surface area (Å²) in [5.74, 6) is -0.207. The normalized spacial score (nSPS) is 11.5. The van der Waals surface area contributed by atoms with E-state index in [1.807, 2.05) is 0 Å². The minimum absolute atomic E-state index is 0.188. The fourth-order valence-electron chi connectivity index (χ4n) is 0.917. The summed E-state index contributed by atoms with van der Waals surface area (Å²) in [6, 6.07) is 4.39. The van der Waals surface area contributed by atoms with Gasteiger partial charge >= 0.3 is 6.36 Å². The standard InChI is InChI=1S/C8H7F3INO/c9-8(10,11)14-6-3-1-2-5(4-13)7(6)12/h1-3H,4,13H2. The molecule has 0 radical (unpaired) electrons. The summed E-state index contributed by atoms with van der Waals surface area (Å²) in [6.07, 6.45) is -4.66. The van der Waals surface area contributed by atoms with Crippen LogP contribution in [0.4, 0.5) is 13.2 Å². The highest BCUT2D eigenvalue weighted by atomic mass is 127. The first-order valence-corrected chi connectivity index (χ1v) is 4.75. The molecule has 0 amide bonds. The average molecular weight is 317 g/mol. The molecule has 0 heterocycles. The lowest BCUT2D eigenvalue weighted by Gasteiger charge is -2.12. The van der Waals surface area contributed by atoms with Crippen LogP contribution < -0.4 is 10.5 Å². The molecule has 0 saturated carbocycles. The molecule has 1 aromatic carbocycles. The van der Waals surface area contributed by atoms with Gasteiger partial charge in [0.2, 0.25) is 0 Å². The lowest BCUT2D eigenvalue weighted by Crippen LogP contribution is -2.18. The molecule has 0 bridgehead atoms. The van der Waals surface area contributed by atoms with Crippen molar-refractivity contribution >= 4 is 22.6 Å². The summed E-state index contributed by atoms with van der Waals surface area (Å²) in [4.78, 5) is 0. The van der Waals surface area contributed by atoms with E-state index in [0.717, 1.165) is 0 Å². The smallest absolute Gasteiger partial charge is 0.405 e. The maximum absolute atomic E-state index is 11.9. The highest BCUT2D eigenvalue weighted by Crippen LogP contribution is 2.29. The van der Waals surface area contributed by atoms with E-state index >= 15 is 0 Å². The van der Waals surface area contributed by atoms with Crippen LogP contribution in [0.5, 0.6) is 5.75 Å². The molecular weight excluding hydrogens is 310 g/mol. The second kappa shape index (κ2) is 4.35. The molecule has 6 heteroatoms. The molecule has 78 valence electrons. The van der Waals surface area contributed by atoms with Crippen molar-refractivity contribution in [2.75, 3.05) is 0 Å². The second-order valence-electron chi connectivity index (χ2n) is 2.48. The molecule has 2 N–H and O–H groups in total. The molecule has 0 aliphatic heterocycles. The molecule has 0 aromatic heterocycles. The van der Waals surface area contributed by atoms with Gasteiger partial charge in [-0.25, -0.2) is 0 Å². The van der Waals surface area contributed by atoms with Crippen molar-refractivity contribution in [2.24, 2.45) is 5.73 Å². The first kappa shape index (κ1) is 11.6. The third kappa shape index (κ3) is 3.02. The van der Waals surface area contributed by atoms with Gasteiger partial charge in [0.15, 0.2) is 0 Å². The molecule has 0 saturated heterocycles. The third-order valence-electron chi connectivity index (χ3n) is 1.49. The van der Waals surface area contributed by atoms with E-state index in [2.05, 4.69) is 4.74 Å². The van der Waals surface area contributed by atoms with Crippen LogP contribution in [-0.2, 0) is 6.54 Å². The Morgan fingerprint density at radius 2 is 2.00 bits per heavy atom. The van der Waals surface area contributed by atoms with Gasteiger partial charge in [-0.3, -0.25) is 0 Å². The number of ether oxygens (including phenoxy) is 1. The van der Waals surface area contributed by atoms with Gasteiger partial charge < -0.3 is 10.5 Å². The lowest BCUT2D eigenvalue weighted by molar-refractivity contribution is -0.275. The summed E-state index contributed by atoms with van der Waals surface area (Å²) < 4.78 is 39.9. The number of benzene rings is 1. The summed E-state index contributed by atoms with van der Waals surface area (Å²) in [5, 5.41) is 0. The molecule has 0 spiro atoms. The highest BCUT2D eigenvalue weighted by Gasteiger charge is 2.32. The van der Waals surface area contributed by atoms with E-state index < -0.39 is 6.36 Å². The zero-order valence-electron chi connectivity index (χ0n) is 6.94. The predicted octanol–water partition coefficient (Wildman–Crippen LogP) is 2.65. The van der Waals surface area contributed by atoms with Crippen LogP contribution in [0.2, 0.25) is 0 Å². The molecule has 1 aromatic rings. The minimum atomic E-state index is -4.66. The van der Waals surface area contributed by atoms with Gasteiger partial charge in [-0.05, 0) is 34.2 Å². The van der Waals surface area contributed by atoms with E-state index in [9.17, 15) is 13.2 Å². The Morgan fingerprint density at radius 1 is 1.36 bits per heavy atom. The lowest BCUT2D eigenvalue weighted by atomic mass is 10.2. The fourth-order valence-corrected chi connectivity index (χ4v) is 1.61. The van der Waals surface area contributed by atoms with E-state index in [0.29, 0.717) is 9.13 Å². The van der Waals surface area contributed by atoms with E-state index in [-0.39, 0.29) is 12.3 Å². The third-order valence-corrected chi connectivity index (χ3v) is 2.71. The number of rotatable bonds is 2. The van der Waals surface area contributed by atoms with Crippen molar-refractivity contribution in [2.45, 2.75) is 12.9 Å². The van der Waals surface area contributed by atoms with Crippen molar-refractivity contribution in [1.82, 2.24) is 0 Å². The van der Waals surface area contributed by atoms with Crippen LogP contribution in [0, 0.1) is 3.57 Å². The Balaban J connectivity index is 2.98. The van der Waals surface area contributed by atoms with E-state index in [1.54, 1.807) is 28.7 Å². The second-order valence-corrected chi connectivity index (χ2v) is 3.56. The Hall–Kier alpha value is -0.500. The van der Waals surface area contributed by atoms with Crippen molar-refractivity contribution < 1.29 is 17.9 Å². The summed E-state index contributed by atoms with van der Waals surface area (Å²) >= 11 is 1.78. The van der Waals surface area contributed by atoms with E-state index in [4.69, 9.17) is 5.73 Å². The van der Waals surface area contributed by atoms with E-state index in [1.165, 1.54) is 12.1 Å². The Labute approximate surface area is 92.4 Å². The molecule has 0 unspecified atom stereocenters. The molecule has 2 nitrogen and oxygen atoms in total. The fraction of sp³-hybridized carbons (Fsp3) is 0.250. The minimum Gasteiger partial charge on any atom is -0.405 e. The maximum Gasteiger partial charge on any atom is 0.573 e. The Kier molecular flexibility index (Phi) is 3.59. The van der Waals surface area contributed by atoms with Gasteiger partial charge in [0.1, 0.15) is 5.75 Å². The SMILES string of the molecule is NCc1cccc(OC(F)(F)F)c1I. The molecular formula is C8H7F3INO. The number of halogens is 4. The van der Waals surface area contributed by atoms with Gasteiger partial charge in [-0.1, -0.05) is 12.1 Å². The summed E-state index contributed by atoms with van der Waals surface area (Å²) in [5.41, 5.74) is 5.97. The van der Waals surface area contributed by atoms with Crippen LogP contribution in [0.25, 0.3) is 0 Å². The summed E-state index contributed by atoms with van der Waals surface area (Å²) in [7, 11) is 0. The van der Waals surface area contributed by atoms with Gasteiger partial charge in [-0.2, -0.15) is 0 Å². The first-order chi connectivity index (χ1) is 6.44. The molecule has 0 fully saturated rings. The zero-order chi connectivity index (χ0) is 10.8. The van der Waals surface area contributed by atoms with Gasteiger partial charge in [0, 0.05) is 6.54 Å². The molecule has 0 atom stereocenters. The topological polar surface area (TPSA) is 35.2 Å². The largest absolute Gasteiger partial charge is 0.573 e. The molecule has 14 heavy (non-hydrogen) atoms. The van der Waals surface area contributed by atoms with Crippen LogP contribution in [0.1, 0.15) is 5.56 Å². The number of alkyl halides is 3. The highest BCUT2D eigenvalue weighted by molar-refractivity contribution is 14.1. The summed E-state index contributed by atoms with van der Waals surface area (Å²) in [6.45, 7) is 0.188. The Morgan fingerprint density at radius 3 is 2.50 bits per heavy atom. The van der Waals surface area contributed by atoms with Gasteiger partial charge in [0.05, 0.1) is 3.57 Å². The van der Waals surface area contributed by atoms with Crippen molar-refractivity contribution in [3.05, 3.63) is 27.3 Å². The zero-order valence-corrected chi connectivity index (χ0v) is 9.09. The average Bonchev–Trinajstić information content (AvgIpc) is 2.06. The van der Waals surface area contributed by atoms with Crippen molar-refractivity contribution in [3.63, 3.8) is 0 Å². The maximum atomic E-state index is 11.9. The molecule has 0 aliphatic carbocycles. The number of hydrogen-bond acceptors (Lipinski definition) is 2. The van der Waals surface area contributed by atoms with Crippen LogP contribution in [0.15, 0.2) is 18.2 Å². The molecule has 1 rings (SSSR count). The predicted molar refractivity (Wildman–Crippen MR) is 53.7 cm³/mol. The number of nitrogens with two attached hydrogens (primary N) is 1. The monoisotopic (exact) mass is 317 g/mol. The first-order valence-electron chi connectivity index (χ1n) is 3.67. The Bertz CT molecular complexity index is 327. The van der Waals surface area contributed by atoms with Crippen molar-refractivity contribution in [1.29, 1.82) is 0 Å². The van der Waals surface area contributed by atoms with Gasteiger partial charge in [0.25, 0.3) is 0 Å². The van der Waals surface area contributed by atoms with Gasteiger partial charge in [-0.15, -0.1) is 13.2 Å². The van der Waals surface area contributed by atoms with Crippen LogP contribution >= 0.6 is 22.6 Å². The number of hydrogen-bond donors (Lipinski definition) is 1. The quantitative estimate of drug-likeness (QED) is 0.851.